The number of carboxylic acids is 2. The summed E-state index contributed by atoms with van der Waals surface area (Å²) in [7, 11) is 0. The molecular weight excluding hydrogens is 316 g/mol. The Morgan fingerprint density at radius 1 is 1.12 bits per heavy atom. The van der Waals surface area contributed by atoms with E-state index in [4.69, 9.17) is 14.9 Å². The number of carboxylic acid groups (broad SMARTS) is 2. The molecule has 0 amide bonds. The molecule has 0 saturated heterocycles. The second kappa shape index (κ2) is 6.27. The molecule has 1 aliphatic rings. The van der Waals surface area contributed by atoms with Crippen molar-refractivity contribution in [3.63, 3.8) is 0 Å². The van der Waals surface area contributed by atoms with E-state index in [1.165, 1.54) is 18.2 Å². The van der Waals surface area contributed by atoms with Crippen molar-refractivity contribution < 1.29 is 34.1 Å². The van der Waals surface area contributed by atoms with Crippen LogP contribution in [0.4, 0.5) is 0 Å². The molecule has 7 heteroatoms. The molecule has 0 heterocycles. The van der Waals surface area contributed by atoms with Crippen molar-refractivity contribution in [2.45, 2.75) is 20.3 Å². The molecule has 1 aromatic rings. The zero-order chi connectivity index (χ0) is 18.1. The predicted molar refractivity (Wildman–Crippen MR) is 82.4 cm³/mol. The lowest BCUT2D eigenvalue weighted by atomic mass is 9.73. The summed E-state index contributed by atoms with van der Waals surface area (Å²) in [5, 5.41) is 17.7. The summed E-state index contributed by atoms with van der Waals surface area (Å²) in [6.07, 6.45) is 0.809. The molecule has 2 N–H and O–H groups in total. The van der Waals surface area contributed by atoms with Gasteiger partial charge in [0, 0.05) is 16.6 Å². The maximum Gasteiger partial charge on any atom is 0.341 e. The van der Waals surface area contributed by atoms with Crippen molar-refractivity contribution >= 4 is 23.5 Å². The van der Waals surface area contributed by atoms with Crippen LogP contribution >= 0.6 is 0 Å². The molecule has 2 rings (SSSR count). The molecule has 24 heavy (non-hydrogen) atoms. The third kappa shape index (κ3) is 3.34. The molecule has 0 fully saturated rings. The Labute approximate surface area is 137 Å². The molecule has 7 nitrogen and oxygen atoms in total. The van der Waals surface area contributed by atoms with Crippen molar-refractivity contribution in [3.8, 4) is 5.75 Å². The van der Waals surface area contributed by atoms with Crippen LogP contribution in [0.3, 0.4) is 0 Å². The Morgan fingerprint density at radius 2 is 1.79 bits per heavy atom. The molecule has 0 atom stereocenters. The molecule has 1 aromatic carbocycles. The number of hydrogen-bond donors (Lipinski definition) is 2. The van der Waals surface area contributed by atoms with Crippen molar-refractivity contribution in [2.75, 3.05) is 6.61 Å². The van der Waals surface area contributed by atoms with Crippen LogP contribution in [-0.4, -0.2) is 40.3 Å². The van der Waals surface area contributed by atoms with Gasteiger partial charge in [-0.05, 0) is 12.1 Å². The summed E-state index contributed by atoms with van der Waals surface area (Å²) < 4.78 is 5.07. The topological polar surface area (TPSA) is 118 Å². The number of rotatable bonds is 6. The van der Waals surface area contributed by atoms with Crippen LogP contribution in [0.1, 0.15) is 41.0 Å². The zero-order valence-electron chi connectivity index (χ0n) is 13.2. The molecule has 0 radical (unpaired) electrons. The minimum Gasteiger partial charge on any atom is -0.481 e. The predicted octanol–water partition coefficient (Wildman–Crippen LogP) is 1.96. The molecule has 0 saturated carbocycles. The summed E-state index contributed by atoms with van der Waals surface area (Å²) in [6.45, 7) is 2.51. The van der Waals surface area contributed by atoms with Gasteiger partial charge in [-0.1, -0.05) is 26.0 Å². The smallest absolute Gasteiger partial charge is 0.341 e. The monoisotopic (exact) mass is 332 g/mol. The first-order valence-electron chi connectivity index (χ1n) is 7.14. The van der Waals surface area contributed by atoms with Crippen LogP contribution in [-0.2, 0) is 9.59 Å². The van der Waals surface area contributed by atoms with E-state index in [1.807, 2.05) is 0 Å². The van der Waals surface area contributed by atoms with Crippen LogP contribution in [0.25, 0.3) is 0 Å². The first-order valence-corrected chi connectivity index (χ1v) is 7.14. The molecule has 1 aliphatic carbocycles. The maximum atomic E-state index is 12.7. The van der Waals surface area contributed by atoms with Gasteiger partial charge in [0.15, 0.2) is 18.2 Å². The van der Waals surface area contributed by atoms with Gasteiger partial charge in [-0.3, -0.25) is 14.4 Å². The first kappa shape index (κ1) is 17.4. The number of fused-ring (bicyclic) bond motifs is 1. The highest BCUT2D eigenvalue weighted by Crippen LogP contribution is 2.38. The average molecular weight is 332 g/mol. The van der Waals surface area contributed by atoms with Gasteiger partial charge in [0.05, 0.1) is 12.0 Å². The van der Waals surface area contributed by atoms with Crippen LogP contribution in [0.5, 0.6) is 5.75 Å². The highest BCUT2D eigenvalue weighted by Gasteiger charge is 2.37. The van der Waals surface area contributed by atoms with E-state index in [9.17, 15) is 19.2 Å². The van der Waals surface area contributed by atoms with Crippen LogP contribution in [0, 0.1) is 5.41 Å². The summed E-state index contributed by atoms with van der Waals surface area (Å²) in [5.41, 5.74) is -0.830. The minimum atomic E-state index is -1.21. The highest BCUT2D eigenvalue weighted by atomic mass is 16.5. The van der Waals surface area contributed by atoms with E-state index in [0.717, 1.165) is 6.08 Å². The summed E-state index contributed by atoms with van der Waals surface area (Å²) in [5.74, 6) is -3.25. The molecule has 0 aliphatic heterocycles. The summed E-state index contributed by atoms with van der Waals surface area (Å²) in [4.78, 5) is 46.8. The molecule has 0 aromatic heterocycles. The lowest BCUT2D eigenvalue weighted by molar-refractivity contribution is -0.140. The Bertz CT molecular complexity index is 771. The number of allylic oxidation sites excluding steroid dienone is 2. The van der Waals surface area contributed by atoms with Crippen molar-refractivity contribution in [1.82, 2.24) is 0 Å². The fraction of sp³-hybridized carbons (Fsp3) is 0.294. The number of aliphatic carboxylic acids is 2. The van der Waals surface area contributed by atoms with Crippen LogP contribution in [0.15, 0.2) is 29.8 Å². The van der Waals surface area contributed by atoms with Crippen LogP contribution < -0.4 is 4.74 Å². The highest BCUT2D eigenvalue weighted by molar-refractivity contribution is 6.26. The number of carbonyl (C=O) groups is 4. The lowest BCUT2D eigenvalue weighted by Gasteiger charge is -2.28. The normalized spacial score (nSPS) is 14.0. The third-order valence-electron chi connectivity index (χ3n) is 3.71. The van der Waals surface area contributed by atoms with Gasteiger partial charge in [-0.2, -0.15) is 0 Å². The van der Waals surface area contributed by atoms with Crippen molar-refractivity contribution in [2.24, 2.45) is 5.41 Å². The van der Waals surface area contributed by atoms with E-state index >= 15 is 0 Å². The van der Waals surface area contributed by atoms with E-state index < -0.39 is 35.5 Å². The van der Waals surface area contributed by atoms with Gasteiger partial charge in [-0.25, -0.2) is 4.79 Å². The molecule has 0 spiro atoms. The van der Waals surface area contributed by atoms with E-state index in [-0.39, 0.29) is 28.9 Å². The van der Waals surface area contributed by atoms with E-state index in [0.29, 0.717) is 0 Å². The van der Waals surface area contributed by atoms with Crippen LogP contribution in [0.2, 0.25) is 0 Å². The summed E-state index contributed by atoms with van der Waals surface area (Å²) >= 11 is 0. The van der Waals surface area contributed by atoms with E-state index in [1.54, 1.807) is 13.8 Å². The van der Waals surface area contributed by atoms with Gasteiger partial charge in [0.1, 0.15) is 5.75 Å². The number of ether oxygens (including phenoxy) is 1. The number of ketones is 2. The van der Waals surface area contributed by atoms with Gasteiger partial charge in [-0.15, -0.1) is 0 Å². The number of benzene rings is 1. The standard InChI is InChI=1S/C17H16O7/c1-17(2,7-13(19)20)10-6-11(18)15-9(16(10)23)4-3-5-12(15)24-8-14(21)22/h3-6H,7-8H2,1-2H3,(H,19,20)(H,21,22). The van der Waals surface area contributed by atoms with Gasteiger partial charge < -0.3 is 14.9 Å². The van der Waals surface area contributed by atoms with E-state index in [2.05, 4.69) is 0 Å². The fourth-order valence-corrected chi connectivity index (χ4v) is 2.62. The zero-order valence-corrected chi connectivity index (χ0v) is 13.2. The summed E-state index contributed by atoms with van der Waals surface area (Å²) in [6, 6.07) is 4.33. The quantitative estimate of drug-likeness (QED) is 0.817. The maximum absolute atomic E-state index is 12.7. The lowest BCUT2D eigenvalue weighted by Crippen LogP contribution is -2.29. The number of Topliss-reactive ketones (excluding diaryl/α,β-unsaturated/α-hetero) is 1. The second-order valence-electron chi connectivity index (χ2n) is 6.07. The molecular formula is C17H16O7. The third-order valence-corrected chi connectivity index (χ3v) is 3.71. The molecule has 0 unspecified atom stereocenters. The van der Waals surface area contributed by atoms with Gasteiger partial charge >= 0.3 is 11.9 Å². The number of hydrogen-bond acceptors (Lipinski definition) is 5. The number of carbonyl (C=O) groups excluding carboxylic acids is 2. The fourth-order valence-electron chi connectivity index (χ4n) is 2.62. The van der Waals surface area contributed by atoms with Crippen molar-refractivity contribution in [3.05, 3.63) is 41.0 Å². The Morgan fingerprint density at radius 3 is 2.38 bits per heavy atom. The minimum absolute atomic E-state index is 0.00127. The SMILES string of the molecule is CC(C)(CC(=O)O)C1=CC(=O)c2c(OCC(=O)O)cccc2C1=O. The molecule has 126 valence electrons. The Kier molecular flexibility index (Phi) is 4.54. The Balaban J connectivity index is 2.46. The largest absolute Gasteiger partial charge is 0.481 e. The second-order valence-corrected chi connectivity index (χ2v) is 6.07. The van der Waals surface area contributed by atoms with Gasteiger partial charge in [0.25, 0.3) is 0 Å². The van der Waals surface area contributed by atoms with Crippen molar-refractivity contribution in [1.29, 1.82) is 0 Å². The van der Waals surface area contributed by atoms with Gasteiger partial charge in [0.2, 0.25) is 0 Å². The molecule has 0 bridgehead atoms. The first-order chi connectivity index (χ1) is 11.1. The average Bonchev–Trinajstić information content (AvgIpc) is 2.47. The Hall–Kier alpha value is -2.96.